The van der Waals surface area contributed by atoms with E-state index in [4.69, 9.17) is 11.6 Å². The Morgan fingerprint density at radius 3 is 2.81 bits per heavy atom. The summed E-state index contributed by atoms with van der Waals surface area (Å²) >= 11 is 6.27. The van der Waals surface area contributed by atoms with E-state index in [0.29, 0.717) is 6.04 Å². The van der Waals surface area contributed by atoms with E-state index in [-0.39, 0.29) is 0 Å². The number of halogens is 1. The zero-order valence-electron chi connectivity index (χ0n) is 13.1. The molecule has 3 nitrogen and oxygen atoms in total. The highest BCUT2D eigenvalue weighted by Crippen LogP contribution is 2.24. The van der Waals surface area contributed by atoms with Crippen molar-refractivity contribution in [1.29, 1.82) is 0 Å². The first-order valence-electron chi connectivity index (χ1n) is 7.57. The normalized spacial score (nSPS) is 12.6. The van der Waals surface area contributed by atoms with Crippen molar-refractivity contribution in [1.82, 2.24) is 15.1 Å². The number of benzene rings is 1. The van der Waals surface area contributed by atoms with Crippen LogP contribution in [0.2, 0.25) is 5.02 Å². The van der Waals surface area contributed by atoms with Gasteiger partial charge in [-0.3, -0.25) is 4.68 Å². The molecule has 0 aliphatic heterocycles. The highest BCUT2D eigenvalue weighted by atomic mass is 35.5. The molecule has 21 heavy (non-hydrogen) atoms. The minimum Gasteiger partial charge on any atom is -0.310 e. The maximum absolute atomic E-state index is 6.27. The second-order valence-corrected chi connectivity index (χ2v) is 5.98. The molecule has 1 N–H and O–H groups in total. The number of hydrogen-bond acceptors (Lipinski definition) is 2. The van der Waals surface area contributed by atoms with Crippen LogP contribution in [0, 0.1) is 6.92 Å². The van der Waals surface area contributed by atoms with Crippen LogP contribution in [0.5, 0.6) is 0 Å². The third-order valence-electron chi connectivity index (χ3n) is 3.72. The van der Waals surface area contributed by atoms with Crippen molar-refractivity contribution in [2.45, 2.75) is 39.2 Å². The first-order valence-corrected chi connectivity index (χ1v) is 7.95. The van der Waals surface area contributed by atoms with Crippen LogP contribution < -0.4 is 5.32 Å². The zero-order valence-corrected chi connectivity index (χ0v) is 13.8. The Morgan fingerprint density at radius 1 is 1.38 bits per heavy atom. The van der Waals surface area contributed by atoms with E-state index in [2.05, 4.69) is 41.7 Å². The molecule has 0 bridgehead atoms. The van der Waals surface area contributed by atoms with Gasteiger partial charge in [-0.25, -0.2) is 0 Å². The van der Waals surface area contributed by atoms with Gasteiger partial charge in [-0.1, -0.05) is 30.7 Å². The van der Waals surface area contributed by atoms with E-state index in [9.17, 15) is 0 Å². The van der Waals surface area contributed by atoms with E-state index >= 15 is 0 Å². The van der Waals surface area contributed by atoms with Gasteiger partial charge in [0, 0.05) is 24.3 Å². The average Bonchev–Trinajstić information content (AvgIpc) is 2.88. The molecule has 0 saturated heterocycles. The molecular weight excluding hydrogens is 282 g/mol. The minimum atomic E-state index is 0.336. The molecule has 0 aliphatic carbocycles. The topological polar surface area (TPSA) is 29.9 Å². The van der Waals surface area contributed by atoms with E-state index in [1.54, 1.807) is 0 Å². The smallest absolute Gasteiger partial charge is 0.0521 e. The van der Waals surface area contributed by atoms with Crippen molar-refractivity contribution >= 4 is 11.6 Å². The molecule has 1 aromatic heterocycles. The van der Waals surface area contributed by atoms with E-state index in [1.807, 2.05) is 24.9 Å². The molecule has 1 heterocycles. The maximum atomic E-state index is 6.27. The minimum absolute atomic E-state index is 0.336. The molecule has 0 radical (unpaired) electrons. The van der Waals surface area contributed by atoms with Gasteiger partial charge in [0.05, 0.1) is 6.20 Å². The van der Waals surface area contributed by atoms with Crippen LogP contribution in [-0.4, -0.2) is 16.3 Å². The predicted octanol–water partition coefficient (Wildman–Crippen LogP) is 4.06. The van der Waals surface area contributed by atoms with Gasteiger partial charge in [0.2, 0.25) is 0 Å². The quantitative estimate of drug-likeness (QED) is 0.836. The number of aromatic nitrogens is 2. The molecular formula is C17H24ClN3. The molecule has 2 aromatic rings. The molecule has 0 spiro atoms. The highest BCUT2D eigenvalue weighted by Gasteiger charge is 2.12. The fraction of sp³-hybridized carbons (Fsp3) is 0.471. The largest absolute Gasteiger partial charge is 0.310 e. The van der Waals surface area contributed by atoms with E-state index < -0.39 is 0 Å². The molecule has 1 aromatic carbocycles. The van der Waals surface area contributed by atoms with Crippen LogP contribution in [0.4, 0.5) is 0 Å². The number of nitrogens with zero attached hydrogens (tertiary/aromatic N) is 2. The number of nitrogens with one attached hydrogen (secondary N) is 1. The van der Waals surface area contributed by atoms with Gasteiger partial charge < -0.3 is 5.32 Å². The summed E-state index contributed by atoms with van der Waals surface area (Å²) in [6, 6.07) is 6.71. The summed E-state index contributed by atoms with van der Waals surface area (Å²) in [5.74, 6) is 0. The van der Waals surface area contributed by atoms with Gasteiger partial charge in [-0.05, 0) is 55.5 Å². The first kappa shape index (κ1) is 16.1. The van der Waals surface area contributed by atoms with Crippen molar-refractivity contribution < 1.29 is 0 Å². The van der Waals surface area contributed by atoms with E-state index in [1.165, 1.54) is 11.1 Å². The van der Waals surface area contributed by atoms with Gasteiger partial charge >= 0.3 is 0 Å². The maximum Gasteiger partial charge on any atom is 0.0521 e. The molecule has 1 unspecified atom stereocenters. The standard InChI is InChI=1S/C17H24ClN3/c1-4-9-19-17(8-6-14-11-20-21(3)12-14)15-7-5-13(2)16(18)10-15/h5,7,10-12,17,19H,4,6,8-9H2,1-3H3. The highest BCUT2D eigenvalue weighted by molar-refractivity contribution is 6.31. The summed E-state index contributed by atoms with van der Waals surface area (Å²) in [4.78, 5) is 0. The Balaban J connectivity index is 2.07. The van der Waals surface area contributed by atoms with Crippen LogP contribution in [0.15, 0.2) is 30.6 Å². The van der Waals surface area contributed by atoms with Crippen LogP contribution in [0.25, 0.3) is 0 Å². The van der Waals surface area contributed by atoms with Gasteiger partial charge in [-0.2, -0.15) is 5.10 Å². The summed E-state index contributed by atoms with van der Waals surface area (Å²) in [6.07, 6.45) is 7.22. The Morgan fingerprint density at radius 2 is 2.19 bits per heavy atom. The van der Waals surface area contributed by atoms with Gasteiger partial charge in [-0.15, -0.1) is 0 Å². The Hall–Kier alpha value is -1.32. The number of hydrogen-bond donors (Lipinski definition) is 1. The van der Waals surface area contributed by atoms with Crippen molar-refractivity contribution in [2.24, 2.45) is 7.05 Å². The Kier molecular flexibility index (Phi) is 5.83. The van der Waals surface area contributed by atoms with Crippen LogP contribution in [0.3, 0.4) is 0 Å². The SMILES string of the molecule is CCCNC(CCc1cnn(C)c1)c1ccc(C)c(Cl)c1. The Labute approximate surface area is 132 Å². The molecule has 0 aliphatic rings. The van der Waals surface area contributed by atoms with Crippen molar-refractivity contribution in [3.8, 4) is 0 Å². The third-order valence-corrected chi connectivity index (χ3v) is 4.13. The van der Waals surface area contributed by atoms with Crippen LogP contribution in [-0.2, 0) is 13.5 Å². The van der Waals surface area contributed by atoms with E-state index in [0.717, 1.165) is 36.4 Å². The van der Waals surface area contributed by atoms with Crippen molar-refractivity contribution in [3.63, 3.8) is 0 Å². The first-order chi connectivity index (χ1) is 10.1. The molecule has 0 fully saturated rings. The van der Waals surface area contributed by atoms with Crippen LogP contribution in [0.1, 0.15) is 42.5 Å². The molecule has 4 heteroatoms. The summed E-state index contributed by atoms with van der Waals surface area (Å²) in [5, 5.41) is 8.70. The lowest BCUT2D eigenvalue weighted by atomic mass is 9.99. The summed E-state index contributed by atoms with van der Waals surface area (Å²) < 4.78 is 1.85. The van der Waals surface area contributed by atoms with Gasteiger partial charge in [0.1, 0.15) is 0 Å². The lowest BCUT2D eigenvalue weighted by Gasteiger charge is -2.19. The molecule has 114 valence electrons. The van der Waals surface area contributed by atoms with Crippen molar-refractivity contribution in [2.75, 3.05) is 6.54 Å². The van der Waals surface area contributed by atoms with Crippen LogP contribution >= 0.6 is 11.6 Å². The number of rotatable bonds is 7. The summed E-state index contributed by atoms with van der Waals surface area (Å²) in [5.41, 5.74) is 3.67. The summed E-state index contributed by atoms with van der Waals surface area (Å²) in [7, 11) is 1.95. The third kappa shape index (κ3) is 4.58. The fourth-order valence-corrected chi connectivity index (χ4v) is 2.63. The van der Waals surface area contributed by atoms with Crippen molar-refractivity contribution in [3.05, 3.63) is 52.3 Å². The number of aryl methyl sites for hydroxylation is 3. The lowest BCUT2D eigenvalue weighted by molar-refractivity contribution is 0.499. The Bertz CT molecular complexity index is 577. The summed E-state index contributed by atoms with van der Waals surface area (Å²) in [6.45, 7) is 5.24. The predicted molar refractivity (Wildman–Crippen MR) is 88.8 cm³/mol. The monoisotopic (exact) mass is 305 g/mol. The lowest BCUT2D eigenvalue weighted by Crippen LogP contribution is -2.22. The molecule has 0 saturated carbocycles. The van der Waals surface area contributed by atoms with Gasteiger partial charge in [0.15, 0.2) is 0 Å². The molecule has 2 rings (SSSR count). The fourth-order valence-electron chi connectivity index (χ4n) is 2.44. The average molecular weight is 306 g/mol. The second-order valence-electron chi connectivity index (χ2n) is 5.58. The second kappa shape index (κ2) is 7.62. The zero-order chi connectivity index (χ0) is 15.2. The van der Waals surface area contributed by atoms with Gasteiger partial charge in [0.25, 0.3) is 0 Å². The molecule has 0 amide bonds. The molecule has 1 atom stereocenters.